The molecule has 206 valence electrons. The topological polar surface area (TPSA) is 26.3 Å². The van der Waals surface area contributed by atoms with Gasteiger partial charge in [0.15, 0.2) is 0 Å². The van der Waals surface area contributed by atoms with E-state index in [4.69, 9.17) is 4.74 Å². The molecule has 0 aliphatic carbocycles. The number of ether oxygens (including phenoxy) is 1. The number of unbranched alkanes of at least 4 members (excludes halogenated alkanes) is 1. The van der Waals surface area contributed by atoms with Gasteiger partial charge >= 0.3 is 5.97 Å². The second kappa shape index (κ2) is 32.3. The van der Waals surface area contributed by atoms with Gasteiger partial charge in [0.05, 0.1) is 5.56 Å². The average Bonchev–Trinajstić information content (AvgIpc) is 2.95. The van der Waals surface area contributed by atoms with Gasteiger partial charge in [-0.15, -0.1) is 0 Å². The predicted molar refractivity (Wildman–Crippen MR) is 161 cm³/mol. The molecule has 0 saturated carbocycles. The van der Waals surface area contributed by atoms with Crippen molar-refractivity contribution >= 4 is 5.97 Å². The first-order valence-electron chi connectivity index (χ1n) is 13.7. The number of esters is 1. The lowest BCUT2D eigenvalue weighted by molar-refractivity contribution is 0.0734. The van der Waals surface area contributed by atoms with Gasteiger partial charge in [-0.2, -0.15) is 0 Å². The Kier molecular flexibility index (Phi) is 36.3. The fourth-order valence-electron chi connectivity index (χ4n) is 2.03. The summed E-state index contributed by atoms with van der Waals surface area (Å²) in [6.07, 6.45) is 12.7. The van der Waals surface area contributed by atoms with Crippen molar-refractivity contribution in [3.63, 3.8) is 0 Å². The maximum absolute atomic E-state index is 13.4. The van der Waals surface area contributed by atoms with Gasteiger partial charge in [0.25, 0.3) is 0 Å². The number of hydrogen-bond acceptors (Lipinski definition) is 2. The van der Waals surface area contributed by atoms with E-state index in [2.05, 4.69) is 19.9 Å². The van der Waals surface area contributed by atoms with Crippen molar-refractivity contribution in [1.82, 2.24) is 0 Å². The highest BCUT2D eigenvalue weighted by atomic mass is 19.1. The summed E-state index contributed by atoms with van der Waals surface area (Å²) < 4.78 is 18.6. The van der Waals surface area contributed by atoms with Crippen LogP contribution in [0.15, 0.2) is 66.8 Å². The molecule has 36 heavy (non-hydrogen) atoms. The van der Waals surface area contributed by atoms with E-state index >= 15 is 0 Å². The number of rotatable bonds is 6. The average molecular weight is 503 g/mol. The van der Waals surface area contributed by atoms with Crippen LogP contribution in [0.25, 0.3) is 0 Å². The summed E-state index contributed by atoms with van der Waals surface area (Å²) in [5.41, 5.74) is 2.14. The van der Waals surface area contributed by atoms with Crippen molar-refractivity contribution in [2.24, 2.45) is 0 Å². The lowest BCUT2D eigenvalue weighted by Crippen LogP contribution is -2.08. The van der Waals surface area contributed by atoms with Crippen LogP contribution in [0.2, 0.25) is 0 Å². The van der Waals surface area contributed by atoms with Gasteiger partial charge in [0.2, 0.25) is 0 Å². The zero-order valence-corrected chi connectivity index (χ0v) is 25.4. The van der Waals surface area contributed by atoms with Gasteiger partial charge in [-0.25, -0.2) is 9.18 Å². The molecule has 0 atom stereocenters. The Morgan fingerprint density at radius 2 is 1.31 bits per heavy atom. The normalized spacial score (nSPS) is 9.03. The number of benzene rings is 2. The Labute approximate surface area is 223 Å². The Bertz CT molecular complexity index is 769. The molecule has 0 amide bonds. The van der Waals surface area contributed by atoms with Crippen molar-refractivity contribution in [1.29, 1.82) is 0 Å². The molecule has 2 nitrogen and oxygen atoms in total. The monoisotopic (exact) mass is 502 g/mol. The molecule has 0 saturated heterocycles. The van der Waals surface area contributed by atoms with E-state index in [1.807, 2.05) is 92.7 Å². The molecule has 0 radical (unpaired) electrons. The summed E-state index contributed by atoms with van der Waals surface area (Å²) in [6.45, 7) is 24.0. The molecule has 0 aliphatic heterocycles. The molecule has 0 aromatic heterocycles. The van der Waals surface area contributed by atoms with Crippen LogP contribution in [0.1, 0.15) is 117 Å². The smallest absolute Gasteiger partial charge is 0.343 e. The van der Waals surface area contributed by atoms with Crippen molar-refractivity contribution in [2.75, 3.05) is 0 Å². The zero-order chi connectivity index (χ0) is 28.8. The third-order valence-corrected chi connectivity index (χ3v) is 4.21. The van der Waals surface area contributed by atoms with Crippen LogP contribution in [0, 0.1) is 12.7 Å². The van der Waals surface area contributed by atoms with Crippen molar-refractivity contribution < 1.29 is 13.9 Å². The number of halogens is 1. The lowest BCUT2D eigenvalue weighted by Gasteiger charge is -2.06. The number of hydrogen-bond donors (Lipinski definition) is 0. The van der Waals surface area contributed by atoms with Crippen LogP contribution in [0.4, 0.5) is 4.39 Å². The Morgan fingerprint density at radius 1 is 0.806 bits per heavy atom. The first-order chi connectivity index (χ1) is 17.4. The van der Waals surface area contributed by atoms with E-state index in [1.165, 1.54) is 18.9 Å². The quantitative estimate of drug-likeness (QED) is 0.223. The van der Waals surface area contributed by atoms with Crippen molar-refractivity contribution in [3.05, 3.63) is 89.3 Å². The highest BCUT2D eigenvalue weighted by Gasteiger charge is 2.09. The van der Waals surface area contributed by atoms with Gasteiger partial charge in [-0.1, -0.05) is 111 Å². The summed E-state index contributed by atoms with van der Waals surface area (Å²) in [5.74, 6) is -0.654. The maximum Gasteiger partial charge on any atom is 0.343 e. The standard InChI is InChI=1S/C19H19FO2.C4H10.C4H8.3C2H6/c1-3-4-5-6-15-8-10-16(11-9-15)19(21)22-17-12-7-14(2)18(20)13-17;2*1-3-4-2;3*1-2/h3-4,7-13H,5-6H2,1-2H3;3-4H2,1-2H3;3-4H,1-2H3;3*1-2H3/b4-3+;;4-3-;;;. The zero-order valence-electron chi connectivity index (χ0n) is 25.4. The molecular formula is C33H55FO2. The third-order valence-electron chi connectivity index (χ3n) is 4.21. The molecule has 0 fully saturated rings. The van der Waals surface area contributed by atoms with E-state index < -0.39 is 5.97 Å². The lowest BCUT2D eigenvalue weighted by atomic mass is 10.1. The fourth-order valence-corrected chi connectivity index (χ4v) is 2.03. The highest BCUT2D eigenvalue weighted by molar-refractivity contribution is 5.91. The van der Waals surface area contributed by atoms with Crippen molar-refractivity contribution in [3.8, 4) is 5.75 Å². The minimum Gasteiger partial charge on any atom is -0.423 e. The molecule has 3 heteroatoms. The summed E-state index contributed by atoms with van der Waals surface area (Å²) in [4.78, 5) is 12.0. The minimum absolute atomic E-state index is 0.213. The summed E-state index contributed by atoms with van der Waals surface area (Å²) in [7, 11) is 0. The SMILES string of the molecule is C/C=C/CCc1ccc(C(=O)Oc2ccc(C)c(F)c2)cc1.C/C=C\C.CC.CC.CC.CCCC. The molecular weight excluding hydrogens is 447 g/mol. The van der Waals surface area contributed by atoms with Crippen LogP contribution >= 0.6 is 0 Å². The fraction of sp³-hybridized carbons (Fsp3) is 0.485. The van der Waals surface area contributed by atoms with E-state index in [1.54, 1.807) is 31.2 Å². The van der Waals surface area contributed by atoms with E-state index in [0.717, 1.165) is 18.4 Å². The first kappa shape index (κ1) is 40.5. The van der Waals surface area contributed by atoms with E-state index in [0.29, 0.717) is 11.1 Å². The third kappa shape index (κ3) is 23.1. The summed E-state index contributed by atoms with van der Waals surface area (Å²) in [6, 6.07) is 11.7. The highest BCUT2D eigenvalue weighted by Crippen LogP contribution is 2.17. The second-order valence-corrected chi connectivity index (χ2v) is 6.77. The number of carbonyl (C=O) groups excluding carboxylic acids is 1. The number of carbonyl (C=O) groups is 1. The van der Waals surface area contributed by atoms with E-state index in [9.17, 15) is 9.18 Å². The Morgan fingerprint density at radius 3 is 1.69 bits per heavy atom. The van der Waals surface area contributed by atoms with Crippen LogP contribution in [0.5, 0.6) is 5.75 Å². The second-order valence-electron chi connectivity index (χ2n) is 6.77. The van der Waals surface area contributed by atoms with Crippen LogP contribution in [-0.2, 0) is 6.42 Å². The molecule has 0 spiro atoms. The minimum atomic E-state index is -0.483. The molecule has 0 bridgehead atoms. The summed E-state index contributed by atoms with van der Waals surface area (Å²) >= 11 is 0. The predicted octanol–water partition coefficient (Wildman–Crippen LogP) is 11.3. The molecule has 0 N–H and O–H groups in total. The van der Waals surface area contributed by atoms with E-state index in [-0.39, 0.29) is 11.6 Å². The molecule has 0 heterocycles. The number of allylic oxidation sites excluding steroid dienone is 4. The first-order valence-corrected chi connectivity index (χ1v) is 13.7. The molecule has 2 aromatic rings. The van der Waals surface area contributed by atoms with Gasteiger partial charge in [0, 0.05) is 6.07 Å². The molecule has 2 rings (SSSR count). The Balaban J connectivity index is -0.000000307. The molecule has 0 aliphatic rings. The molecule has 0 unspecified atom stereocenters. The summed E-state index contributed by atoms with van der Waals surface area (Å²) in [5, 5.41) is 0. The van der Waals surface area contributed by atoms with Crippen LogP contribution < -0.4 is 4.74 Å². The van der Waals surface area contributed by atoms with Crippen LogP contribution in [-0.4, -0.2) is 5.97 Å². The largest absolute Gasteiger partial charge is 0.423 e. The Hall–Kier alpha value is -2.68. The van der Waals surface area contributed by atoms with Gasteiger partial charge in [0.1, 0.15) is 11.6 Å². The van der Waals surface area contributed by atoms with Gasteiger partial charge in [-0.05, 0) is 69.9 Å². The van der Waals surface area contributed by atoms with Crippen molar-refractivity contribution in [2.45, 2.75) is 109 Å². The number of aryl methyl sites for hydroxylation is 2. The molecule has 2 aromatic carbocycles. The van der Waals surface area contributed by atoms with Gasteiger partial charge in [-0.3, -0.25) is 0 Å². The maximum atomic E-state index is 13.4. The van der Waals surface area contributed by atoms with Crippen LogP contribution in [0.3, 0.4) is 0 Å². The van der Waals surface area contributed by atoms with Gasteiger partial charge < -0.3 is 4.74 Å².